The molecule has 7 atom stereocenters. The van der Waals surface area contributed by atoms with Crippen LogP contribution in [0.25, 0.3) is 10.9 Å². The lowest BCUT2D eigenvalue weighted by Gasteiger charge is -2.27. The summed E-state index contributed by atoms with van der Waals surface area (Å²) in [6.45, 7) is 1.31. The maximum absolute atomic E-state index is 14.8. The first kappa shape index (κ1) is 60.9. The highest BCUT2D eigenvalue weighted by atomic mass is 16.4. The predicted octanol–water partition coefficient (Wildman–Crippen LogP) is -0.590. The average molecular weight is 1070 g/mol. The highest BCUT2D eigenvalue weighted by Crippen LogP contribution is 2.26. The molecule has 0 bridgehead atoms. The number of benzene rings is 2. The Morgan fingerprint density at radius 2 is 1.43 bits per heavy atom. The van der Waals surface area contributed by atoms with Gasteiger partial charge in [-0.05, 0) is 87.1 Å². The van der Waals surface area contributed by atoms with Gasteiger partial charge in [0.05, 0.1) is 24.1 Å². The van der Waals surface area contributed by atoms with E-state index in [1.807, 2.05) is 24.3 Å². The van der Waals surface area contributed by atoms with Gasteiger partial charge in [-0.3, -0.25) is 53.1 Å². The zero-order valence-corrected chi connectivity index (χ0v) is 43.0. The molecular formula is C52H70N14O11. The van der Waals surface area contributed by atoms with E-state index in [4.69, 9.17) is 28.7 Å². The third kappa shape index (κ3) is 20.9. The van der Waals surface area contributed by atoms with Crippen molar-refractivity contribution in [3.63, 3.8) is 0 Å². The third-order valence-electron chi connectivity index (χ3n) is 12.9. The van der Waals surface area contributed by atoms with E-state index < -0.39 is 120 Å². The fraction of sp³-hybridized carbons (Fsp3) is 0.481. The van der Waals surface area contributed by atoms with Gasteiger partial charge in [-0.1, -0.05) is 36.8 Å². The van der Waals surface area contributed by atoms with Crippen molar-refractivity contribution in [1.29, 1.82) is 5.26 Å². The van der Waals surface area contributed by atoms with Gasteiger partial charge in [-0.2, -0.15) is 5.26 Å². The van der Waals surface area contributed by atoms with Gasteiger partial charge in [-0.15, -0.1) is 0 Å². The van der Waals surface area contributed by atoms with Crippen molar-refractivity contribution in [2.75, 3.05) is 13.1 Å². The number of ketones is 3. The number of aliphatic carboxylic acids is 1. The highest BCUT2D eigenvalue weighted by Gasteiger charge is 2.36. The van der Waals surface area contributed by atoms with E-state index in [1.54, 1.807) is 24.4 Å². The summed E-state index contributed by atoms with van der Waals surface area (Å²) in [7, 11) is 0. The fourth-order valence-electron chi connectivity index (χ4n) is 8.90. The number of fused-ring (bicyclic) bond motifs is 1. The van der Waals surface area contributed by atoms with Gasteiger partial charge in [0, 0.05) is 74.6 Å². The molecule has 1 saturated heterocycles. The van der Waals surface area contributed by atoms with Gasteiger partial charge in [0.15, 0.2) is 17.7 Å². The largest absolute Gasteiger partial charge is 0.480 e. The zero-order valence-electron chi connectivity index (χ0n) is 43.0. The molecule has 4 rings (SSSR count). The number of primary amides is 1. The predicted molar refractivity (Wildman–Crippen MR) is 282 cm³/mol. The summed E-state index contributed by atoms with van der Waals surface area (Å²) < 4.78 is 0. The Bertz CT molecular complexity index is 2710. The second-order valence-corrected chi connectivity index (χ2v) is 19.0. The maximum Gasteiger partial charge on any atom is 0.326 e. The van der Waals surface area contributed by atoms with Crippen LogP contribution in [0.2, 0.25) is 0 Å². The van der Waals surface area contributed by atoms with Crippen molar-refractivity contribution >= 4 is 81.6 Å². The smallest absolute Gasteiger partial charge is 0.326 e. The first-order chi connectivity index (χ1) is 36.6. The zero-order chi connectivity index (χ0) is 56.6. The number of Topliss-reactive ketones (excluding diaryl/α,β-unsaturated/α-hetero) is 3. The van der Waals surface area contributed by atoms with Gasteiger partial charge >= 0.3 is 5.97 Å². The molecule has 0 spiro atoms. The lowest BCUT2D eigenvalue weighted by Crippen LogP contribution is -2.58. The number of carboxylic acids is 1. The number of H-pyrrole nitrogens is 1. The molecule has 1 fully saturated rings. The van der Waals surface area contributed by atoms with Gasteiger partial charge in [0.25, 0.3) is 0 Å². The summed E-state index contributed by atoms with van der Waals surface area (Å²) in [4.78, 5) is 148. The Morgan fingerprint density at radius 1 is 0.766 bits per heavy atom. The molecule has 0 radical (unpaired) electrons. The van der Waals surface area contributed by atoms with Gasteiger partial charge < -0.3 is 65.3 Å². The number of nitrogens with zero attached hydrogens (tertiary/aromatic N) is 3. The van der Waals surface area contributed by atoms with E-state index in [-0.39, 0.29) is 108 Å². The molecule has 17 N–H and O–H groups in total. The number of hydrogen-bond acceptors (Lipinski definition) is 13. The Morgan fingerprint density at radius 3 is 2.08 bits per heavy atom. The molecule has 6 amide bonds. The van der Waals surface area contributed by atoms with Gasteiger partial charge in [-0.25, -0.2) is 4.79 Å². The third-order valence-corrected chi connectivity index (χ3v) is 12.9. The summed E-state index contributed by atoms with van der Waals surface area (Å²) in [5.41, 5.74) is 29.7. The van der Waals surface area contributed by atoms with Crippen molar-refractivity contribution in [2.24, 2.45) is 50.5 Å². The number of carbonyl (C=O) groups excluding carboxylic acids is 9. The van der Waals surface area contributed by atoms with E-state index in [2.05, 4.69) is 41.6 Å². The molecule has 2 aromatic carbocycles. The Balaban J connectivity index is 1.80. The number of carboxylic acid groups (broad SMARTS) is 1. The molecule has 0 saturated carbocycles. The molecule has 0 aliphatic carbocycles. The number of aromatic amines is 1. The lowest BCUT2D eigenvalue weighted by molar-refractivity contribution is -0.143. The van der Waals surface area contributed by atoms with Crippen LogP contribution in [0.15, 0.2) is 64.7 Å². The van der Waals surface area contributed by atoms with E-state index in [9.17, 15) is 58.3 Å². The molecule has 25 heteroatoms. The molecule has 1 aromatic heterocycles. The summed E-state index contributed by atoms with van der Waals surface area (Å²) >= 11 is 0. The summed E-state index contributed by atoms with van der Waals surface area (Å²) in [5, 5.41) is 33.2. The van der Waals surface area contributed by atoms with Crippen LogP contribution in [-0.4, -0.2) is 124 Å². The van der Waals surface area contributed by atoms with Crippen LogP contribution in [0.1, 0.15) is 107 Å². The first-order valence-corrected chi connectivity index (χ1v) is 25.4. The van der Waals surface area contributed by atoms with Crippen LogP contribution in [0.5, 0.6) is 0 Å². The monoisotopic (exact) mass is 1070 g/mol. The summed E-state index contributed by atoms with van der Waals surface area (Å²) in [5.74, 6) is -11.1. The second-order valence-electron chi connectivity index (χ2n) is 19.0. The first-order valence-electron chi connectivity index (χ1n) is 25.4. The van der Waals surface area contributed by atoms with Crippen molar-refractivity contribution in [3.05, 3.63) is 71.4 Å². The number of carbonyl (C=O) groups is 10. The molecule has 77 heavy (non-hydrogen) atoms. The van der Waals surface area contributed by atoms with E-state index in [0.29, 0.717) is 11.1 Å². The molecule has 414 valence electrons. The van der Waals surface area contributed by atoms with Crippen molar-refractivity contribution in [2.45, 2.75) is 133 Å². The number of aliphatic imine (C=N–C) groups is 2. The number of nitriles is 1. The van der Waals surface area contributed by atoms with Gasteiger partial charge in [0.2, 0.25) is 35.4 Å². The summed E-state index contributed by atoms with van der Waals surface area (Å²) in [6, 6.07) is 7.85. The highest BCUT2D eigenvalue weighted by molar-refractivity contribution is 5.99. The molecule has 1 aliphatic heterocycles. The molecular weight excluding hydrogens is 997 g/mol. The minimum Gasteiger partial charge on any atom is -0.480 e. The quantitative estimate of drug-likeness (QED) is 0.0430. The van der Waals surface area contributed by atoms with Crippen LogP contribution < -0.4 is 55.3 Å². The second kappa shape index (κ2) is 30.6. The van der Waals surface area contributed by atoms with E-state index in [1.165, 1.54) is 19.1 Å². The minimum absolute atomic E-state index is 0.00207. The standard InChI is InChI=1S/C52H70N14O11/c1-29(67)62-38(13-7-21-60-52(57)58)47(73)63-39-19-18-35(68)9-2-4-12-40(50(76)77)64-46(72)33(23-34-28-61-37-11-5-3-10-36(34)37)25-43(69)32(8-6-20-59-51(55)56)24-44(70)41(22-30-14-16-31(27-53)17-15-30)65-49(75)42(26-45(54)71)66-48(39)74/h3,5,10-11,14-17,28,32-33,38-42,61H,2,4,6-9,12-13,18-26H2,1H3,(H2,54,71)(H,62,67)(H,63,73)(H,64,72)(H,65,75)(H,66,74)(H,76,77)(H4,55,56,59)(H4,57,58,60)/t32-,33-,38+,39+,40+,41-,42+/m1/s1. The number of hydrogen-bond donors (Lipinski definition) is 12. The number of para-hydroxylation sites is 1. The average Bonchev–Trinajstić information content (AvgIpc) is 3.79. The topological polar surface area (TPSA) is 445 Å². The molecule has 3 aromatic rings. The van der Waals surface area contributed by atoms with Crippen LogP contribution in [0.4, 0.5) is 0 Å². The number of nitrogens with two attached hydrogens (primary N) is 5. The molecule has 0 unspecified atom stereocenters. The van der Waals surface area contributed by atoms with Crippen molar-refractivity contribution < 1.29 is 53.1 Å². The minimum atomic E-state index is -1.78. The SMILES string of the molecule is CC(=O)N[C@@H](CCCN=C(N)N)C(=O)N[C@H]1CCC(=O)CCCC[C@@H](C(=O)O)NC(=O)[C@H](Cc2c[nH]c3ccccc23)CC(=O)[C@H](CCCN=C(N)N)CC(=O)[C@@H](Cc2ccc(C#N)cc2)NC(=O)[C@H](CC(N)=O)NC1=O. The molecule has 25 nitrogen and oxygen atoms in total. The van der Waals surface area contributed by atoms with Crippen molar-refractivity contribution in [1.82, 2.24) is 31.6 Å². The molecule has 2 heterocycles. The fourth-order valence-corrected chi connectivity index (χ4v) is 8.90. The van der Waals surface area contributed by atoms with E-state index >= 15 is 0 Å². The Kier molecular flexibility index (Phi) is 24.2. The maximum atomic E-state index is 14.8. The van der Waals surface area contributed by atoms with Gasteiger partial charge in [0.1, 0.15) is 35.7 Å². The van der Waals surface area contributed by atoms with Crippen LogP contribution in [-0.2, 0) is 60.8 Å². The Hall–Kier alpha value is -8.69. The van der Waals surface area contributed by atoms with E-state index in [0.717, 1.165) is 10.9 Å². The molecule has 1 aliphatic rings. The number of aromatic nitrogens is 1. The van der Waals surface area contributed by atoms with Crippen LogP contribution >= 0.6 is 0 Å². The number of rotatable bonds is 18. The lowest BCUT2D eigenvalue weighted by atomic mass is 9.83. The normalized spacial score (nSPS) is 21.0. The number of amides is 6. The van der Waals surface area contributed by atoms with Crippen molar-refractivity contribution in [3.8, 4) is 6.07 Å². The Labute approximate surface area is 444 Å². The van der Waals surface area contributed by atoms with Crippen LogP contribution in [0.3, 0.4) is 0 Å². The number of nitrogens with one attached hydrogen (secondary N) is 6. The van der Waals surface area contributed by atoms with Crippen LogP contribution in [0, 0.1) is 23.2 Å². The number of guanidine groups is 2. The summed E-state index contributed by atoms with van der Waals surface area (Å²) in [6.07, 6.45) is -0.512.